The predicted molar refractivity (Wildman–Crippen MR) is 106 cm³/mol. The molecule has 0 spiro atoms. The summed E-state index contributed by atoms with van der Waals surface area (Å²) in [6, 6.07) is 21.2. The van der Waals surface area contributed by atoms with Gasteiger partial charge >= 0.3 is 0 Å². The topological polar surface area (TPSA) is 40.5 Å². The van der Waals surface area contributed by atoms with Gasteiger partial charge in [0.05, 0.1) is 0 Å². The monoisotopic (exact) mass is 336 g/mol. The van der Waals surface area contributed by atoms with E-state index in [4.69, 9.17) is 0 Å². The normalized spacial score (nSPS) is 19.8. The highest BCUT2D eigenvalue weighted by atomic mass is 16.3. The Hall–Kier alpha value is -2.94. The number of fused-ring (bicyclic) bond motifs is 7. The second kappa shape index (κ2) is 4.82. The van der Waals surface area contributed by atoms with E-state index in [1.165, 1.54) is 38.4 Å². The number of aliphatic hydroxyl groups is 2. The fraction of sp³-hybridized carbons (Fsp3) is 0.0833. The van der Waals surface area contributed by atoms with Crippen molar-refractivity contribution >= 4 is 27.6 Å². The van der Waals surface area contributed by atoms with E-state index in [1.54, 1.807) is 6.08 Å². The highest BCUT2D eigenvalue weighted by molar-refractivity contribution is 6.25. The quantitative estimate of drug-likeness (QED) is 0.388. The van der Waals surface area contributed by atoms with Crippen LogP contribution >= 0.6 is 0 Å². The van der Waals surface area contributed by atoms with Crippen molar-refractivity contribution in [2.45, 2.75) is 12.2 Å². The van der Waals surface area contributed by atoms with Gasteiger partial charge in [-0.1, -0.05) is 60.7 Å². The Morgan fingerprint density at radius 2 is 1.50 bits per heavy atom. The molecule has 0 fully saturated rings. The van der Waals surface area contributed by atoms with E-state index in [9.17, 15) is 10.2 Å². The van der Waals surface area contributed by atoms with Gasteiger partial charge in [-0.15, -0.1) is 0 Å². The van der Waals surface area contributed by atoms with E-state index in [0.717, 1.165) is 16.5 Å². The Labute approximate surface area is 150 Å². The van der Waals surface area contributed by atoms with Crippen LogP contribution in [0.15, 0.2) is 66.7 Å². The number of hydrogen-bond donors (Lipinski definition) is 2. The molecule has 0 amide bonds. The summed E-state index contributed by atoms with van der Waals surface area (Å²) in [5, 5.41) is 25.6. The van der Waals surface area contributed by atoms with Gasteiger partial charge in [0.15, 0.2) is 0 Å². The first-order chi connectivity index (χ1) is 12.7. The van der Waals surface area contributed by atoms with Crippen molar-refractivity contribution in [3.8, 4) is 22.3 Å². The summed E-state index contributed by atoms with van der Waals surface area (Å²) in [6.07, 6.45) is 1.89. The molecule has 0 radical (unpaired) electrons. The molecule has 2 heteroatoms. The first-order valence-corrected chi connectivity index (χ1v) is 8.90. The molecule has 2 aliphatic rings. The Kier molecular flexibility index (Phi) is 2.64. The largest absolute Gasteiger partial charge is 0.386 e. The summed E-state index contributed by atoms with van der Waals surface area (Å²) in [6.45, 7) is 0. The van der Waals surface area contributed by atoms with Crippen LogP contribution in [0.25, 0.3) is 49.9 Å². The van der Waals surface area contributed by atoms with Crippen molar-refractivity contribution in [1.29, 1.82) is 0 Å². The zero-order chi connectivity index (χ0) is 17.4. The van der Waals surface area contributed by atoms with Crippen LogP contribution in [0.4, 0.5) is 0 Å². The fourth-order valence-electron chi connectivity index (χ4n) is 4.64. The van der Waals surface area contributed by atoms with Crippen LogP contribution in [0.3, 0.4) is 0 Å². The van der Waals surface area contributed by atoms with E-state index in [0.29, 0.717) is 0 Å². The first-order valence-electron chi connectivity index (χ1n) is 8.90. The molecule has 6 rings (SSSR count). The molecular formula is C24H16O2. The third-order valence-corrected chi connectivity index (χ3v) is 5.81. The minimum Gasteiger partial charge on any atom is -0.386 e. The molecule has 0 aliphatic heterocycles. The minimum atomic E-state index is -0.897. The molecule has 26 heavy (non-hydrogen) atoms. The average Bonchev–Trinajstić information content (AvgIpc) is 3.01. The number of benzene rings is 4. The Balaban J connectivity index is 1.90. The molecule has 2 N–H and O–H groups in total. The second-order valence-electron chi connectivity index (χ2n) is 7.16. The Bertz CT molecular complexity index is 1270. The predicted octanol–water partition coefficient (Wildman–Crippen LogP) is 5.06. The molecule has 0 saturated carbocycles. The molecular weight excluding hydrogens is 320 g/mol. The van der Waals surface area contributed by atoms with E-state index in [1.807, 2.05) is 6.08 Å². The smallest absolute Gasteiger partial charge is 0.109 e. The lowest BCUT2D eigenvalue weighted by Crippen LogP contribution is -2.19. The molecule has 0 aromatic heterocycles. The van der Waals surface area contributed by atoms with Crippen molar-refractivity contribution in [1.82, 2.24) is 0 Å². The van der Waals surface area contributed by atoms with Crippen LogP contribution in [-0.4, -0.2) is 16.3 Å². The van der Waals surface area contributed by atoms with Crippen LogP contribution in [0.1, 0.15) is 17.2 Å². The lowest BCUT2D eigenvalue weighted by Gasteiger charge is -2.24. The van der Waals surface area contributed by atoms with Crippen molar-refractivity contribution in [2.24, 2.45) is 0 Å². The SMILES string of the molecule is O[C@H]1C=Cc2c(cc3c4c(cc5ccccc53)-c3ccccc3-c24)[C@@H]1O. The molecule has 4 aromatic rings. The van der Waals surface area contributed by atoms with Crippen LogP contribution in [0.2, 0.25) is 0 Å². The first kappa shape index (κ1) is 14.3. The van der Waals surface area contributed by atoms with Crippen LogP contribution in [-0.2, 0) is 0 Å². The van der Waals surface area contributed by atoms with Gasteiger partial charge in [-0.05, 0) is 67.1 Å². The summed E-state index contributed by atoms with van der Waals surface area (Å²) in [5.74, 6) is 0. The van der Waals surface area contributed by atoms with Crippen molar-refractivity contribution < 1.29 is 10.2 Å². The zero-order valence-electron chi connectivity index (χ0n) is 14.0. The van der Waals surface area contributed by atoms with Gasteiger partial charge < -0.3 is 10.2 Å². The van der Waals surface area contributed by atoms with Crippen LogP contribution in [0, 0.1) is 0 Å². The van der Waals surface area contributed by atoms with Gasteiger partial charge in [0.1, 0.15) is 12.2 Å². The third-order valence-electron chi connectivity index (χ3n) is 5.81. The number of rotatable bonds is 0. The summed E-state index contributed by atoms with van der Waals surface area (Å²) in [4.78, 5) is 0. The van der Waals surface area contributed by atoms with Gasteiger partial charge in [-0.3, -0.25) is 0 Å². The lowest BCUT2D eigenvalue weighted by atomic mass is 9.84. The van der Waals surface area contributed by atoms with Gasteiger partial charge in [0.2, 0.25) is 0 Å². The van der Waals surface area contributed by atoms with Crippen LogP contribution in [0.5, 0.6) is 0 Å². The van der Waals surface area contributed by atoms with Gasteiger partial charge in [0.25, 0.3) is 0 Å². The van der Waals surface area contributed by atoms with Crippen molar-refractivity contribution in [3.63, 3.8) is 0 Å². The van der Waals surface area contributed by atoms with Gasteiger partial charge in [-0.2, -0.15) is 0 Å². The summed E-state index contributed by atoms with van der Waals surface area (Å²) >= 11 is 0. The van der Waals surface area contributed by atoms with Crippen molar-refractivity contribution in [3.05, 3.63) is 77.9 Å². The molecule has 0 saturated heterocycles. The Morgan fingerprint density at radius 1 is 0.731 bits per heavy atom. The zero-order valence-corrected chi connectivity index (χ0v) is 14.0. The fourth-order valence-corrected chi connectivity index (χ4v) is 4.64. The maximum Gasteiger partial charge on any atom is 0.109 e. The van der Waals surface area contributed by atoms with Gasteiger partial charge in [0, 0.05) is 0 Å². The van der Waals surface area contributed by atoms with Crippen molar-refractivity contribution in [2.75, 3.05) is 0 Å². The molecule has 2 aliphatic carbocycles. The highest BCUT2D eigenvalue weighted by Crippen LogP contribution is 2.53. The Morgan fingerprint density at radius 3 is 2.38 bits per heavy atom. The lowest BCUT2D eigenvalue weighted by molar-refractivity contribution is 0.0471. The maximum absolute atomic E-state index is 10.6. The molecule has 0 unspecified atom stereocenters. The molecule has 4 aromatic carbocycles. The minimum absolute atomic E-state index is 0.807. The average molecular weight is 336 g/mol. The molecule has 0 heterocycles. The molecule has 2 atom stereocenters. The van der Waals surface area contributed by atoms with E-state index >= 15 is 0 Å². The highest BCUT2D eigenvalue weighted by Gasteiger charge is 2.31. The van der Waals surface area contributed by atoms with Gasteiger partial charge in [-0.25, -0.2) is 0 Å². The molecule has 0 bridgehead atoms. The summed E-state index contributed by atoms with van der Waals surface area (Å²) < 4.78 is 0. The standard InChI is InChI=1S/C24H16O2/c25-21-10-9-17-20(24(21)26)12-19-14-6-2-1-5-13(14)11-18-15-7-3-4-8-16(15)22(17)23(18)19/h1-12,21,24-26H/t21-,24-/m0/s1. The second-order valence-corrected chi connectivity index (χ2v) is 7.16. The van der Waals surface area contributed by atoms with E-state index in [-0.39, 0.29) is 0 Å². The van der Waals surface area contributed by atoms with Crippen LogP contribution < -0.4 is 0 Å². The maximum atomic E-state index is 10.6. The molecule has 2 nitrogen and oxygen atoms in total. The number of hydrogen-bond acceptors (Lipinski definition) is 2. The van der Waals surface area contributed by atoms with E-state index < -0.39 is 12.2 Å². The summed E-state index contributed by atoms with van der Waals surface area (Å²) in [5.41, 5.74) is 6.70. The number of aliphatic hydroxyl groups excluding tert-OH is 2. The van der Waals surface area contributed by atoms with E-state index in [2.05, 4.69) is 60.7 Å². The molecule has 124 valence electrons. The third kappa shape index (κ3) is 1.63. The summed E-state index contributed by atoms with van der Waals surface area (Å²) in [7, 11) is 0.